The third kappa shape index (κ3) is 3.64. The van der Waals surface area contributed by atoms with Crippen molar-refractivity contribution < 1.29 is 14.6 Å². The second kappa shape index (κ2) is 6.59. The lowest BCUT2D eigenvalue weighted by Crippen LogP contribution is -2.36. The smallest absolute Gasteiger partial charge is 0.226 e. The minimum absolute atomic E-state index is 0.0278. The molecule has 2 aromatic rings. The topological polar surface area (TPSA) is 49.8 Å². The van der Waals surface area contributed by atoms with Gasteiger partial charge in [0, 0.05) is 13.6 Å². The summed E-state index contributed by atoms with van der Waals surface area (Å²) < 4.78 is 5.29. The standard InChI is InChI=1S/C19H23NO3/c1-20(12-18(21)14-6-7-14)19(22)10-15-5-3-4-13-8-9-16(23-2)11-17(13)15/h3-5,8-9,11,14,18,21H,6-7,10,12H2,1-2H3/t18-/m0/s1. The van der Waals surface area contributed by atoms with Gasteiger partial charge < -0.3 is 14.7 Å². The number of amides is 1. The number of carbonyl (C=O) groups is 1. The molecule has 0 unspecified atom stereocenters. The van der Waals surface area contributed by atoms with Crippen molar-refractivity contribution >= 4 is 16.7 Å². The maximum absolute atomic E-state index is 12.5. The monoisotopic (exact) mass is 313 g/mol. The van der Waals surface area contributed by atoms with Gasteiger partial charge >= 0.3 is 0 Å². The molecule has 3 rings (SSSR count). The van der Waals surface area contributed by atoms with Gasteiger partial charge in [-0.3, -0.25) is 4.79 Å². The van der Waals surface area contributed by atoms with Crippen LogP contribution in [0, 0.1) is 5.92 Å². The fourth-order valence-corrected chi connectivity index (χ4v) is 2.91. The van der Waals surface area contributed by atoms with E-state index in [0.717, 1.165) is 34.9 Å². The van der Waals surface area contributed by atoms with Gasteiger partial charge in [0.15, 0.2) is 0 Å². The van der Waals surface area contributed by atoms with E-state index in [2.05, 4.69) is 0 Å². The maximum atomic E-state index is 12.5. The molecule has 1 aliphatic carbocycles. The van der Waals surface area contributed by atoms with E-state index in [-0.39, 0.29) is 5.91 Å². The summed E-state index contributed by atoms with van der Waals surface area (Å²) in [5, 5.41) is 12.1. The molecule has 0 spiro atoms. The van der Waals surface area contributed by atoms with Crippen LogP contribution in [0.15, 0.2) is 36.4 Å². The van der Waals surface area contributed by atoms with Gasteiger partial charge in [0.2, 0.25) is 5.91 Å². The Labute approximate surface area is 136 Å². The average molecular weight is 313 g/mol. The molecule has 1 amide bonds. The van der Waals surface area contributed by atoms with Crippen molar-refractivity contribution in [1.29, 1.82) is 0 Å². The lowest BCUT2D eigenvalue weighted by atomic mass is 10.0. The van der Waals surface area contributed by atoms with Crippen molar-refractivity contribution in [3.05, 3.63) is 42.0 Å². The number of likely N-dealkylation sites (N-methyl/N-ethyl adjacent to an activating group) is 1. The SMILES string of the molecule is COc1ccc2cccc(CC(=O)N(C)C[C@H](O)C3CC3)c2c1. The van der Waals surface area contributed by atoms with E-state index in [0.29, 0.717) is 18.9 Å². The Balaban J connectivity index is 1.75. The Hall–Kier alpha value is -2.07. The van der Waals surface area contributed by atoms with E-state index in [9.17, 15) is 9.90 Å². The lowest BCUT2D eigenvalue weighted by molar-refractivity contribution is -0.130. The van der Waals surface area contributed by atoms with E-state index in [1.54, 1.807) is 19.1 Å². The second-order valence-corrected chi connectivity index (χ2v) is 6.36. The Morgan fingerprint density at radius 3 is 2.83 bits per heavy atom. The summed E-state index contributed by atoms with van der Waals surface area (Å²) in [6, 6.07) is 11.9. The molecule has 1 fully saturated rings. The van der Waals surface area contributed by atoms with Crippen LogP contribution in [-0.2, 0) is 11.2 Å². The van der Waals surface area contributed by atoms with Crippen molar-refractivity contribution in [3.63, 3.8) is 0 Å². The number of carbonyl (C=O) groups excluding carboxylic acids is 1. The maximum Gasteiger partial charge on any atom is 0.226 e. The summed E-state index contributed by atoms with van der Waals surface area (Å²) in [4.78, 5) is 14.1. The van der Waals surface area contributed by atoms with Crippen LogP contribution >= 0.6 is 0 Å². The number of hydrogen-bond acceptors (Lipinski definition) is 3. The quantitative estimate of drug-likeness (QED) is 0.892. The minimum Gasteiger partial charge on any atom is -0.497 e. The molecule has 1 N–H and O–H groups in total. The van der Waals surface area contributed by atoms with Crippen LogP contribution in [0.5, 0.6) is 5.75 Å². The van der Waals surface area contributed by atoms with Crippen LogP contribution in [0.3, 0.4) is 0 Å². The highest BCUT2D eigenvalue weighted by Crippen LogP contribution is 2.32. The lowest BCUT2D eigenvalue weighted by Gasteiger charge is -2.21. The highest BCUT2D eigenvalue weighted by atomic mass is 16.5. The zero-order valence-electron chi connectivity index (χ0n) is 13.7. The number of rotatable bonds is 6. The van der Waals surface area contributed by atoms with Crippen molar-refractivity contribution in [1.82, 2.24) is 4.90 Å². The number of fused-ring (bicyclic) bond motifs is 1. The Morgan fingerprint density at radius 2 is 2.13 bits per heavy atom. The third-order valence-corrected chi connectivity index (χ3v) is 4.57. The highest BCUT2D eigenvalue weighted by Gasteiger charge is 2.31. The molecule has 0 radical (unpaired) electrons. The Kier molecular flexibility index (Phi) is 4.53. The van der Waals surface area contributed by atoms with Crippen molar-refractivity contribution in [2.75, 3.05) is 20.7 Å². The van der Waals surface area contributed by atoms with Crippen molar-refractivity contribution in [2.45, 2.75) is 25.4 Å². The van der Waals surface area contributed by atoms with Crippen LogP contribution < -0.4 is 4.74 Å². The normalized spacial score (nSPS) is 15.4. The number of nitrogens with zero attached hydrogens (tertiary/aromatic N) is 1. The first kappa shape index (κ1) is 15.8. The zero-order chi connectivity index (χ0) is 16.4. The average Bonchev–Trinajstić information content (AvgIpc) is 3.39. The van der Waals surface area contributed by atoms with E-state index in [1.165, 1.54) is 0 Å². The van der Waals surface area contributed by atoms with Gasteiger partial charge in [-0.25, -0.2) is 0 Å². The van der Waals surface area contributed by atoms with Gasteiger partial charge in [-0.05, 0) is 47.2 Å². The molecule has 23 heavy (non-hydrogen) atoms. The molecule has 0 bridgehead atoms. The van der Waals surface area contributed by atoms with E-state index in [4.69, 9.17) is 4.74 Å². The largest absolute Gasteiger partial charge is 0.497 e. The van der Waals surface area contributed by atoms with E-state index >= 15 is 0 Å². The number of hydrogen-bond donors (Lipinski definition) is 1. The van der Waals surface area contributed by atoms with Crippen LogP contribution in [0.2, 0.25) is 0 Å². The number of methoxy groups -OCH3 is 1. The minimum atomic E-state index is -0.392. The number of aliphatic hydroxyl groups excluding tert-OH is 1. The molecule has 1 aliphatic rings. The predicted molar refractivity (Wildman–Crippen MR) is 90.6 cm³/mol. The van der Waals surface area contributed by atoms with Gasteiger partial charge in [-0.15, -0.1) is 0 Å². The fourth-order valence-electron chi connectivity index (χ4n) is 2.91. The summed E-state index contributed by atoms with van der Waals surface area (Å²) in [7, 11) is 3.40. The third-order valence-electron chi connectivity index (χ3n) is 4.57. The Bertz CT molecular complexity index is 709. The molecule has 4 nitrogen and oxygen atoms in total. The second-order valence-electron chi connectivity index (χ2n) is 6.36. The summed E-state index contributed by atoms with van der Waals surface area (Å²) in [6.07, 6.45) is 2.09. The van der Waals surface area contributed by atoms with Crippen LogP contribution in [-0.4, -0.2) is 42.7 Å². The van der Waals surface area contributed by atoms with Gasteiger partial charge in [-0.1, -0.05) is 24.3 Å². The molecule has 122 valence electrons. The molecule has 2 aromatic carbocycles. The molecular weight excluding hydrogens is 290 g/mol. The first-order valence-corrected chi connectivity index (χ1v) is 8.06. The van der Waals surface area contributed by atoms with Gasteiger partial charge in [-0.2, -0.15) is 0 Å². The molecule has 4 heteroatoms. The first-order chi connectivity index (χ1) is 11.1. The molecule has 0 aromatic heterocycles. The molecular formula is C19H23NO3. The summed E-state index contributed by atoms with van der Waals surface area (Å²) in [5.74, 6) is 1.20. The predicted octanol–water partition coefficient (Wildman–Crippen LogP) is 2.62. The van der Waals surface area contributed by atoms with E-state index in [1.807, 2.05) is 36.4 Å². The van der Waals surface area contributed by atoms with Crippen LogP contribution in [0.25, 0.3) is 10.8 Å². The van der Waals surface area contributed by atoms with Crippen LogP contribution in [0.4, 0.5) is 0 Å². The van der Waals surface area contributed by atoms with Gasteiger partial charge in [0.1, 0.15) is 5.75 Å². The number of ether oxygens (including phenoxy) is 1. The van der Waals surface area contributed by atoms with Crippen molar-refractivity contribution in [3.8, 4) is 5.75 Å². The highest BCUT2D eigenvalue weighted by molar-refractivity contribution is 5.91. The van der Waals surface area contributed by atoms with Gasteiger partial charge in [0.25, 0.3) is 0 Å². The number of benzene rings is 2. The summed E-state index contributed by atoms with van der Waals surface area (Å²) in [5.41, 5.74) is 0.985. The van der Waals surface area contributed by atoms with Gasteiger partial charge in [0.05, 0.1) is 19.6 Å². The molecule has 1 saturated carbocycles. The molecule has 0 aliphatic heterocycles. The zero-order valence-corrected chi connectivity index (χ0v) is 13.7. The van der Waals surface area contributed by atoms with Crippen LogP contribution in [0.1, 0.15) is 18.4 Å². The van der Waals surface area contributed by atoms with E-state index < -0.39 is 6.10 Å². The van der Waals surface area contributed by atoms with Crippen molar-refractivity contribution in [2.24, 2.45) is 5.92 Å². The molecule has 0 saturated heterocycles. The number of aliphatic hydroxyl groups is 1. The fraction of sp³-hybridized carbons (Fsp3) is 0.421. The molecule has 0 heterocycles. The first-order valence-electron chi connectivity index (χ1n) is 8.06. The summed E-state index contributed by atoms with van der Waals surface area (Å²) in [6.45, 7) is 0.414. The Morgan fingerprint density at radius 1 is 1.35 bits per heavy atom. The summed E-state index contributed by atoms with van der Waals surface area (Å²) >= 11 is 0. The molecule has 1 atom stereocenters.